The summed E-state index contributed by atoms with van der Waals surface area (Å²) in [5.74, 6) is 3.75. The molecule has 0 spiro atoms. The van der Waals surface area contributed by atoms with E-state index in [0.717, 1.165) is 0 Å². The summed E-state index contributed by atoms with van der Waals surface area (Å²) in [5, 5.41) is 0. The summed E-state index contributed by atoms with van der Waals surface area (Å²) in [7, 11) is 0. The summed E-state index contributed by atoms with van der Waals surface area (Å²) in [5.41, 5.74) is 1.41. The second-order valence-corrected chi connectivity index (χ2v) is 3.70. The fourth-order valence-electron chi connectivity index (χ4n) is 0.862. The summed E-state index contributed by atoms with van der Waals surface area (Å²) in [6, 6.07) is 0. The number of allylic oxidation sites excluding steroid dienone is 3. The van der Waals surface area contributed by atoms with Gasteiger partial charge in [0.2, 0.25) is 0 Å². The SMILES string of the molecule is C=C/B=C\C=C(/C=C)C(C)(C)C. The first-order chi connectivity index (χ1) is 5.52. The average molecular weight is 160 g/mol. The molecule has 0 nitrogen and oxygen atoms in total. The molecule has 0 unspecified atom stereocenters. The number of hydrogen-bond acceptors (Lipinski definition) is 0. The first-order valence-corrected chi connectivity index (χ1v) is 4.14. The molecule has 12 heavy (non-hydrogen) atoms. The molecule has 1 heteroatoms. The van der Waals surface area contributed by atoms with E-state index in [9.17, 15) is 0 Å². The predicted octanol–water partition coefficient (Wildman–Crippen LogP) is 2.79. The predicted molar refractivity (Wildman–Crippen MR) is 59.8 cm³/mol. The van der Waals surface area contributed by atoms with Crippen molar-refractivity contribution in [2.45, 2.75) is 20.8 Å². The molecule has 0 amide bonds. The van der Waals surface area contributed by atoms with Crippen LogP contribution in [0.5, 0.6) is 0 Å². The van der Waals surface area contributed by atoms with Gasteiger partial charge in [0, 0.05) is 0 Å². The quantitative estimate of drug-likeness (QED) is 0.439. The minimum absolute atomic E-state index is 0.174. The zero-order valence-corrected chi connectivity index (χ0v) is 8.30. The molecule has 0 atom stereocenters. The standard InChI is InChI=1S/C11H17B/c1-6-10(11(3,4)5)8-9-12-7-2/h6-9H,1-2H2,3-5H3/b10-8+. The van der Waals surface area contributed by atoms with Gasteiger partial charge in [-0.3, -0.25) is 0 Å². The van der Waals surface area contributed by atoms with Crippen LogP contribution in [0.3, 0.4) is 0 Å². The van der Waals surface area contributed by atoms with Gasteiger partial charge in [0.05, 0.1) is 0 Å². The maximum absolute atomic E-state index is 3.78. The third-order valence-electron chi connectivity index (χ3n) is 1.61. The Morgan fingerprint density at radius 2 is 1.83 bits per heavy atom. The van der Waals surface area contributed by atoms with Gasteiger partial charge >= 0.3 is 75.9 Å². The molecule has 0 saturated heterocycles. The van der Waals surface area contributed by atoms with Crippen LogP contribution < -0.4 is 0 Å². The third kappa shape index (κ3) is 4.12. The van der Waals surface area contributed by atoms with E-state index < -0.39 is 0 Å². The van der Waals surface area contributed by atoms with Gasteiger partial charge in [-0.25, -0.2) is 0 Å². The summed E-state index contributed by atoms with van der Waals surface area (Å²) in [6.45, 7) is 15.8. The number of hydrogen-bond donors (Lipinski definition) is 0. The molecule has 64 valence electrons. The van der Waals surface area contributed by atoms with Crippen LogP contribution >= 0.6 is 0 Å². The van der Waals surface area contributed by atoms with E-state index in [0.29, 0.717) is 0 Å². The number of rotatable bonds is 3. The molecule has 0 heterocycles. The minimum atomic E-state index is 0.174. The van der Waals surface area contributed by atoms with Crippen molar-refractivity contribution in [1.82, 2.24) is 0 Å². The molecule has 0 radical (unpaired) electrons. The van der Waals surface area contributed by atoms with Crippen LogP contribution in [0.4, 0.5) is 0 Å². The molecule has 0 aliphatic heterocycles. The Labute approximate surface area is 76.6 Å². The van der Waals surface area contributed by atoms with Crippen LogP contribution in [-0.4, -0.2) is 12.9 Å². The second-order valence-electron chi connectivity index (χ2n) is 3.70. The van der Waals surface area contributed by atoms with Crippen molar-refractivity contribution in [3.63, 3.8) is 0 Å². The van der Waals surface area contributed by atoms with Gasteiger partial charge in [-0.05, 0) is 0 Å². The van der Waals surface area contributed by atoms with Gasteiger partial charge in [-0.15, -0.1) is 0 Å². The molecule has 0 N–H and O–H groups in total. The van der Waals surface area contributed by atoms with E-state index in [2.05, 4.69) is 40.0 Å². The van der Waals surface area contributed by atoms with Crippen LogP contribution in [-0.2, 0) is 0 Å². The van der Waals surface area contributed by atoms with Crippen LogP contribution in [0, 0.1) is 5.41 Å². The Kier molecular flexibility index (Phi) is 4.57. The van der Waals surface area contributed by atoms with Gasteiger partial charge in [0.1, 0.15) is 0 Å². The summed E-state index contributed by atoms with van der Waals surface area (Å²) < 4.78 is 0. The van der Waals surface area contributed by atoms with Gasteiger partial charge in [-0.1, -0.05) is 0 Å². The molecule has 0 aromatic carbocycles. The van der Waals surface area contributed by atoms with Crippen molar-refractivity contribution in [3.8, 4) is 0 Å². The molecule has 0 bridgehead atoms. The fourth-order valence-corrected chi connectivity index (χ4v) is 0.862. The maximum atomic E-state index is 3.78. The Bertz CT molecular complexity index is 214. The second kappa shape index (κ2) is 4.92. The Morgan fingerprint density at radius 1 is 1.25 bits per heavy atom. The summed E-state index contributed by atoms with van der Waals surface area (Å²) in [6.07, 6.45) is 3.96. The van der Waals surface area contributed by atoms with E-state index in [4.69, 9.17) is 0 Å². The molecule has 0 saturated carbocycles. The van der Waals surface area contributed by atoms with Crippen molar-refractivity contribution < 1.29 is 0 Å². The van der Waals surface area contributed by atoms with Crippen molar-refractivity contribution >= 4 is 12.9 Å². The van der Waals surface area contributed by atoms with Gasteiger partial charge < -0.3 is 0 Å². The van der Waals surface area contributed by atoms with Crippen LogP contribution in [0.15, 0.2) is 36.9 Å². The first-order valence-electron chi connectivity index (χ1n) is 4.14. The van der Waals surface area contributed by atoms with Gasteiger partial charge in [-0.2, -0.15) is 0 Å². The summed E-state index contributed by atoms with van der Waals surface area (Å²) in [4.78, 5) is 0. The first kappa shape index (κ1) is 11.2. The molecule has 0 aromatic heterocycles. The summed E-state index contributed by atoms with van der Waals surface area (Å²) >= 11 is 0. The zero-order valence-electron chi connectivity index (χ0n) is 8.30. The van der Waals surface area contributed by atoms with E-state index in [1.807, 2.05) is 19.0 Å². The van der Waals surface area contributed by atoms with E-state index >= 15 is 0 Å². The molecule has 0 fully saturated rings. The Hall–Kier alpha value is -0.845. The van der Waals surface area contributed by atoms with Crippen molar-refractivity contribution in [2.24, 2.45) is 5.41 Å². The van der Waals surface area contributed by atoms with Crippen LogP contribution in [0.1, 0.15) is 20.8 Å². The Balaban J connectivity index is 4.55. The van der Waals surface area contributed by atoms with Crippen molar-refractivity contribution in [2.75, 3.05) is 0 Å². The van der Waals surface area contributed by atoms with E-state index in [1.165, 1.54) is 5.57 Å². The average Bonchev–Trinajstić information content (AvgIpc) is 1.95. The molecule has 0 rings (SSSR count). The van der Waals surface area contributed by atoms with Gasteiger partial charge in [0.25, 0.3) is 0 Å². The molecular weight excluding hydrogens is 143 g/mol. The molecular formula is C11H17B. The van der Waals surface area contributed by atoms with E-state index in [-0.39, 0.29) is 5.41 Å². The monoisotopic (exact) mass is 160 g/mol. The zero-order chi connectivity index (χ0) is 9.61. The van der Waals surface area contributed by atoms with Crippen molar-refractivity contribution in [3.05, 3.63) is 36.9 Å². The fraction of sp³-hybridized carbons (Fsp3) is 0.364. The van der Waals surface area contributed by atoms with Crippen LogP contribution in [0.2, 0.25) is 0 Å². The van der Waals surface area contributed by atoms with E-state index in [1.54, 1.807) is 5.98 Å². The topological polar surface area (TPSA) is 0 Å². The normalized spacial score (nSPS) is 12.8. The van der Waals surface area contributed by atoms with Gasteiger partial charge in [0.15, 0.2) is 0 Å². The van der Waals surface area contributed by atoms with Crippen molar-refractivity contribution in [1.29, 1.82) is 0 Å². The molecule has 0 aromatic rings. The third-order valence-corrected chi connectivity index (χ3v) is 1.61. The Morgan fingerprint density at radius 3 is 2.17 bits per heavy atom. The molecule has 0 aliphatic rings. The molecule has 0 aliphatic carbocycles. The van der Waals surface area contributed by atoms with Crippen LogP contribution in [0.25, 0.3) is 0 Å².